The van der Waals surface area contributed by atoms with E-state index in [0.717, 1.165) is 56.3 Å². The molecule has 11 nitrogen and oxygen atoms in total. The second-order valence-corrected chi connectivity index (χ2v) is 16.7. The van der Waals surface area contributed by atoms with Gasteiger partial charge >= 0.3 is 5.97 Å². The summed E-state index contributed by atoms with van der Waals surface area (Å²) in [5.41, 5.74) is 4.24. The van der Waals surface area contributed by atoms with E-state index in [1.54, 1.807) is 42.5 Å². The first-order valence-electron chi connectivity index (χ1n) is 19.0. The number of sulfonamides is 1. The van der Waals surface area contributed by atoms with Crippen LogP contribution >= 0.6 is 0 Å². The minimum atomic E-state index is -3.96. The van der Waals surface area contributed by atoms with E-state index in [9.17, 15) is 27.9 Å². The molecule has 1 unspecified atom stereocenters. The van der Waals surface area contributed by atoms with Crippen molar-refractivity contribution in [1.29, 1.82) is 0 Å². The van der Waals surface area contributed by atoms with E-state index in [1.165, 1.54) is 56.6 Å². The summed E-state index contributed by atoms with van der Waals surface area (Å²) in [4.78, 5) is 48.3. The van der Waals surface area contributed by atoms with Crippen LogP contribution in [0.5, 0.6) is 0 Å². The highest BCUT2D eigenvalue weighted by Crippen LogP contribution is 2.43. The molecule has 0 bridgehead atoms. The first-order valence-corrected chi connectivity index (χ1v) is 20.5. The standard InChI is InChI=1S/C42H47N5O6S/c1-2-5-28-10-14-30(15-11-28)31-18-20-32(21-19-31)35-22-44-42(45-23-35)34-16-12-29(13-17-34)25-46(27-40(50)51)39(49)24-43-38(48)26-47-36-8-3-6-33-7-4-9-37(41(33)36)54(47,52)53/h3-4,6-9,12-13,16-17,20,22-23,28,30-31H,2,5,10-11,14-15,18-19,21,24-27H2,1H3,(H,43,48)(H,50,51). The Bertz CT molecular complexity index is 2160. The summed E-state index contributed by atoms with van der Waals surface area (Å²) in [5, 5.41) is 13.3. The number of carbonyl (C=O) groups excluding carboxylic acids is 2. The van der Waals surface area contributed by atoms with Gasteiger partial charge in [0.2, 0.25) is 11.8 Å². The maximum atomic E-state index is 13.2. The van der Waals surface area contributed by atoms with E-state index in [1.807, 2.05) is 24.5 Å². The van der Waals surface area contributed by atoms with Crippen LogP contribution in [-0.4, -0.2) is 65.8 Å². The molecular weight excluding hydrogens is 703 g/mol. The molecular formula is C42H47N5O6S. The summed E-state index contributed by atoms with van der Waals surface area (Å²) in [6.45, 7) is 0.697. The number of benzene rings is 3. The summed E-state index contributed by atoms with van der Waals surface area (Å²) in [6, 6.07) is 17.4. The molecule has 1 aliphatic heterocycles. The van der Waals surface area contributed by atoms with Crippen LogP contribution in [0.2, 0.25) is 0 Å². The third-order valence-corrected chi connectivity index (χ3v) is 13.2. The third-order valence-electron chi connectivity index (χ3n) is 11.4. The Hall–Kier alpha value is -5.10. The van der Waals surface area contributed by atoms with Gasteiger partial charge in [0.05, 0.1) is 17.1 Å². The Morgan fingerprint density at radius 2 is 1.63 bits per heavy atom. The Morgan fingerprint density at radius 3 is 2.30 bits per heavy atom. The summed E-state index contributed by atoms with van der Waals surface area (Å²) >= 11 is 0. The molecule has 7 rings (SSSR count). The van der Waals surface area contributed by atoms with E-state index in [-0.39, 0.29) is 11.4 Å². The molecule has 0 spiro atoms. The van der Waals surface area contributed by atoms with E-state index < -0.39 is 47.4 Å². The van der Waals surface area contributed by atoms with Crippen LogP contribution in [0, 0.1) is 17.8 Å². The van der Waals surface area contributed by atoms with Crippen molar-refractivity contribution >= 4 is 49.8 Å². The summed E-state index contributed by atoms with van der Waals surface area (Å²) < 4.78 is 27.5. The van der Waals surface area contributed by atoms with Crippen LogP contribution in [0.1, 0.15) is 75.8 Å². The highest BCUT2D eigenvalue weighted by Gasteiger charge is 2.37. The molecule has 2 N–H and O–H groups in total. The molecule has 1 aromatic heterocycles. The lowest BCUT2D eigenvalue weighted by Crippen LogP contribution is -2.45. The lowest BCUT2D eigenvalue weighted by molar-refractivity contribution is -0.144. The minimum absolute atomic E-state index is 0.00574. The maximum absolute atomic E-state index is 13.2. The highest BCUT2D eigenvalue weighted by atomic mass is 32.2. The fourth-order valence-electron chi connectivity index (χ4n) is 8.52. The number of amides is 2. The number of carboxylic acid groups (broad SMARTS) is 1. The number of aliphatic carboxylic acids is 1. The topological polar surface area (TPSA) is 150 Å². The van der Waals surface area contributed by atoms with Gasteiger partial charge in [0, 0.05) is 35.5 Å². The molecule has 3 aromatic carbocycles. The lowest BCUT2D eigenvalue weighted by atomic mass is 9.70. The number of allylic oxidation sites excluding steroid dienone is 2. The molecule has 4 aromatic rings. The number of nitrogens with one attached hydrogen (secondary N) is 1. The van der Waals surface area contributed by atoms with Crippen LogP contribution in [0.25, 0.3) is 27.7 Å². The number of nitrogens with zero attached hydrogens (tertiary/aromatic N) is 4. The fraction of sp³-hybridized carbons (Fsp3) is 0.405. The van der Waals surface area contributed by atoms with Gasteiger partial charge in [-0.3, -0.25) is 18.7 Å². The van der Waals surface area contributed by atoms with Crippen LogP contribution in [0.4, 0.5) is 5.69 Å². The fourth-order valence-corrected chi connectivity index (χ4v) is 10.2. The van der Waals surface area contributed by atoms with Gasteiger partial charge in [-0.15, -0.1) is 0 Å². The monoisotopic (exact) mass is 749 g/mol. The number of hydrogen-bond acceptors (Lipinski definition) is 7. The van der Waals surface area contributed by atoms with Crippen molar-refractivity contribution in [2.45, 2.75) is 76.2 Å². The third kappa shape index (κ3) is 8.03. The van der Waals surface area contributed by atoms with Gasteiger partial charge in [0.15, 0.2) is 5.82 Å². The van der Waals surface area contributed by atoms with Crippen molar-refractivity contribution in [2.75, 3.05) is 23.9 Å². The molecule has 3 aliphatic rings. The number of rotatable bonds is 13. The molecule has 1 saturated carbocycles. The molecule has 1 fully saturated rings. The molecule has 0 radical (unpaired) electrons. The molecule has 282 valence electrons. The SMILES string of the molecule is CCCC1CCC(C2CC=C(c3cnc(-c4ccc(CN(CC(=O)O)C(=O)CNC(=O)CN5c6cccc7cccc(c67)S5(=O)=O)cc4)nc3)CC2)CC1. The number of aromatic nitrogens is 2. The van der Waals surface area contributed by atoms with Gasteiger partial charge in [-0.25, -0.2) is 18.4 Å². The van der Waals surface area contributed by atoms with Gasteiger partial charge in [-0.1, -0.05) is 87.2 Å². The average molecular weight is 750 g/mol. The predicted octanol–water partition coefficient (Wildman–Crippen LogP) is 6.83. The quantitative estimate of drug-likeness (QED) is 0.151. The largest absolute Gasteiger partial charge is 0.480 e. The number of carboxylic acids is 1. The van der Waals surface area contributed by atoms with Gasteiger partial charge in [-0.05, 0) is 78.5 Å². The van der Waals surface area contributed by atoms with Crippen molar-refractivity contribution < 1.29 is 27.9 Å². The molecule has 54 heavy (non-hydrogen) atoms. The van der Waals surface area contributed by atoms with Crippen LogP contribution in [0.15, 0.2) is 84.0 Å². The van der Waals surface area contributed by atoms with Gasteiger partial charge in [0.25, 0.3) is 10.0 Å². The zero-order chi connectivity index (χ0) is 37.8. The first-order chi connectivity index (χ1) is 26.1. The summed E-state index contributed by atoms with van der Waals surface area (Å²) in [5.74, 6) is 0.639. The van der Waals surface area contributed by atoms with E-state index >= 15 is 0 Å². The Morgan fingerprint density at radius 1 is 0.907 bits per heavy atom. The van der Waals surface area contributed by atoms with Crippen molar-refractivity contribution in [3.63, 3.8) is 0 Å². The lowest BCUT2D eigenvalue weighted by Gasteiger charge is -2.35. The zero-order valence-electron chi connectivity index (χ0n) is 30.6. The van der Waals surface area contributed by atoms with Gasteiger partial charge in [-0.2, -0.15) is 0 Å². The van der Waals surface area contributed by atoms with Gasteiger partial charge in [0.1, 0.15) is 13.1 Å². The van der Waals surface area contributed by atoms with Crippen molar-refractivity contribution in [1.82, 2.24) is 20.2 Å². The van der Waals surface area contributed by atoms with E-state index in [0.29, 0.717) is 22.5 Å². The second kappa shape index (κ2) is 16.1. The minimum Gasteiger partial charge on any atom is -0.480 e. The molecule has 2 amide bonds. The molecule has 2 heterocycles. The van der Waals surface area contributed by atoms with Crippen molar-refractivity contribution in [3.05, 3.63) is 90.3 Å². The number of anilines is 1. The molecule has 12 heteroatoms. The van der Waals surface area contributed by atoms with Crippen molar-refractivity contribution in [2.24, 2.45) is 17.8 Å². The normalized spacial score (nSPS) is 20.4. The predicted molar refractivity (Wildman–Crippen MR) is 208 cm³/mol. The molecule has 0 saturated heterocycles. The van der Waals surface area contributed by atoms with Gasteiger partial charge < -0.3 is 15.3 Å². The Balaban J connectivity index is 0.924. The average Bonchev–Trinajstić information content (AvgIpc) is 3.40. The van der Waals surface area contributed by atoms with Crippen LogP contribution < -0.4 is 9.62 Å². The Labute approximate surface area is 316 Å². The van der Waals surface area contributed by atoms with Crippen molar-refractivity contribution in [3.8, 4) is 11.4 Å². The summed E-state index contributed by atoms with van der Waals surface area (Å²) in [6.07, 6.45) is 17.8. The highest BCUT2D eigenvalue weighted by molar-refractivity contribution is 7.93. The van der Waals surface area contributed by atoms with E-state index in [4.69, 9.17) is 0 Å². The van der Waals surface area contributed by atoms with Crippen LogP contribution in [0.3, 0.4) is 0 Å². The first kappa shape index (κ1) is 37.2. The Kier molecular flexibility index (Phi) is 11.1. The molecule has 1 atom stereocenters. The van der Waals surface area contributed by atoms with E-state index in [2.05, 4.69) is 28.3 Å². The zero-order valence-corrected chi connectivity index (χ0v) is 31.4. The number of carbonyl (C=O) groups is 3. The number of hydrogen-bond donors (Lipinski definition) is 2. The molecule has 2 aliphatic carbocycles. The maximum Gasteiger partial charge on any atom is 0.323 e. The van der Waals surface area contributed by atoms with Crippen LogP contribution in [-0.2, 0) is 31.0 Å². The second-order valence-electron chi connectivity index (χ2n) is 14.9. The summed E-state index contributed by atoms with van der Waals surface area (Å²) in [7, 11) is -3.96. The smallest absolute Gasteiger partial charge is 0.323 e.